The summed E-state index contributed by atoms with van der Waals surface area (Å²) >= 11 is 1.52. The van der Waals surface area contributed by atoms with Crippen LogP contribution in [0.4, 0.5) is 13.2 Å². The molecule has 0 unspecified atom stereocenters. The van der Waals surface area contributed by atoms with Gasteiger partial charge in [-0.25, -0.2) is 0 Å². The molecule has 2 aromatic carbocycles. The van der Waals surface area contributed by atoms with Crippen molar-refractivity contribution in [3.8, 4) is 5.75 Å². The lowest BCUT2D eigenvalue weighted by molar-refractivity contribution is -0.137. The lowest BCUT2D eigenvalue weighted by Gasteiger charge is -2.14. The third-order valence-electron chi connectivity index (χ3n) is 4.98. The minimum absolute atomic E-state index is 0.00373. The van der Waals surface area contributed by atoms with Crippen LogP contribution in [0.5, 0.6) is 5.75 Å². The number of thiophene rings is 1. The number of rotatable bonds is 6. The van der Waals surface area contributed by atoms with Gasteiger partial charge in [-0.05, 0) is 41.3 Å². The second kappa shape index (κ2) is 8.47. The van der Waals surface area contributed by atoms with Gasteiger partial charge in [-0.2, -0.15) is 13.2 Å². The molecule has 0 aliphatic rings. The first-order valence-electron chi connectivity index (χ1n) is 9.50. The zero-order valence-corrected chi connectivity index (χ0v) is 17.4. The van der Waals surface area contributed by atoms with E-state index in [1.807, 2.05) is 40.3 Å². The Morgan fingerprint density at radius 1 is 1.10 bits per heavy atom. The average Bonchev–Trinajstić information content (AvgIpc) is 3.35. The SMILES string of the molecule is COc1ccccc1Cn1c(C(=O)NCc2cccc(C(F)(F)F)c2)cc2sccc21. The summed E-state index contributed by atoms with van der Waals surface area (Å²) in [6.45, 7) is 0.423. The van der Waals surface area contributed by atoms with E-state index in [-0.39, 0.29) is 12.5 Å². The van der Waals surface area contributed by atoms with E-state index in [0.29, 0.717) is 17.8 Å². The molecule has 0 radical (unpaired) electrons. The maximum Gasteiger partial charge on any atom is 0.416 e. The lowest BCUT2D eigenvalue weighted by Crippen LogP contribution is -2.26. The minimum atomic E-state index is -4.42. The first-order valence-corrected chi connectivity index (χ1v) is 10.4. The van der Waals surface area contributed by atoms with Gasteiger partial charge in [-0.1, -0.05) is 30.3 Å². The van der Waals surface area contributed by atoms with Crippen molar-refractivity contribution < 1.29 is 22.7 Å². The van der Waals surface area contributed by atoms with E-state index >= 15 is 0 Å². The maximum atomic E-state index is 13.0. The Hall–Kier alpha value is -3.26. The molecule has 8 heteroatoms. The molecule has 4 nitrogen and oxygen atoms in total. The van der Waals surface area contributed by atoms with E-state index in [9.17, 15) is 18.0 Å². The fourth-order valence-electron chi connectivity index (χ4n) is 3.47. The molecule has 31 heavy (non-hydrogen) atoms. The molecule has 0 aliphatic heterocycles. The number of ether oxygens (including phenoxy) is 1. The van der Waals surface area contributed by atoms with Crippen molar-refractivity contribution in [2.75, 3.05) is 7.11 Å². The number of para-hydroxylation sites is 1. The first-order chi connectivity index (χ1) is 14.9. The van der Waals surface area contributed by atoms with Gasteiger partial charge >= 0.3 is 6.18 Å². The van der Waals surface area contributed by atoms with E-state index < -0.39 is 11.7 Å². The Labute approximate surface area is 180 Å². The third-order valence-corrected chi connectivity index (χ3v) is 5.84. The molecule has 2 heterocycles. The second-order valence-corrected chi connectivity index (χ2v) is 7.93. The molecule has 0 saturated carbocycles. The van der Waals surface area contributed by atoms with Crippen LogP contribution in [0, 0.1) is 0 Å². The van der Waals surface area contributed by atoms with E-state index in [2.05, 4.69) is 5.32 Å². The summed E-state index contributed by atoms with van der Waals surface area (Å²) in [4.78, 5) is 13.0. The highest BCUT2D eigenvalue weighted by Gasteiger charge is 2.30. The summed E-state index contributed by atoms with van der Waals surface area (Å²) in [5.74, 6) is 0.366. The second-order valence-electron chi connectivity index (χ2n) is 6.98. The Balaban J connectivity index is 1.59. The van der Waals surface area contributed by atoms with Gasteiger partial charge < -0.3 is 14.6 Å². The molecular formula is C23H19F3N2O2S. The predicted molar refractivity (Wildman–Crippen MR) is 115 cm³/mol. The van der Waals surface area contributed by atoms with Crippen molar-refractivity contribution in [2.24, 2.45) is 0 Å². The molecule has 1 amide bonds. The molecular weight excluding hydrogens is 425 g/mol. The number of alkyl halides is 3. The molecule has 160 valence electrons. The van der Waals surface area contributed by atoms with Crippen molar-refractivity contribution >= 4 is 27.5 Å². The number of amides is 1. The monoisotopic (exact) mass is 444 g/mol. The van der Waals surface area contributed by atoms with Crippen molar-refractivity contribution in [3.63, 3.8) is 0 Å². The Bertz CT molecular complexity index is 1230. The summed E-state index contributed by atoms with van der Waals surface area (Å²) in [6, 6.07) is 16.3. The number of nitrogens with one attached hydrogen (secondary N) is 1. The molecule has 0 fully saturated rings. The molecule has 0 saturated heterocycles. The van der Waals surface area contributed by atoms with Gasteiger partial charge in [0, 0.05) is 12.1 Å². The number of benzene rings is 2. The molecule has 0 aliphatic carbocycles. The predicted octanol–water partition coefficient (Wildman–Crippen LogP) is 5.71. The van der Waals surface area contributed by atoms with Crippen LogP contribution in [0.1, 0.15) is 27.2 Å². The molecule has 0 atom stereocenters. The fraction of sp³-hybridized carbons (Fsp3) is 0.174. The van der Waals surface area contributed by atoms with Gasteiger partial charge in [0.1, 0.15) is 11.4 Å². The summed E-state index contributed by atoms with van der Waals surface area (Å²) in [5, 5.41) is 4.70. The molecule has 4 rings (SSSR count). The average molecular weight is 444 g/mol. The van der Waals surface area contributed by atoms with Crippen LogP contribution in [0.3, 0.4) is 0 Å². The van der Waals surface area contributed by atoms with Gasteiger partial charge in [-0.15, -0.1) is 11.3 Å². The third kappa shape index (κ3) is 4.44. The van der Waals surface area contributed by atoms with Gasteiger partial charge in [-0.3, -0.25) is 4.79 Å². The number of halogens is 3. The smallest absolute Gasteiger partial charge is 0.416 e. The van der Waals surface area contributed by atoms with Crippen LogP contribution in [0.15, 0.2) is 66.0 Å². The quantitative estimate of drug-likeness (QED) is 0.414. The molecule has 0 spiro atoms. The van der Waals surface area contributed by atoms with Crippen molar-refractivity contribution in [2.45, 2.75) is 19.3 Å². The van der Waals surface area contributed by atoms with Gasteiger partial charge in [0.05, 0.1) is 29.4 Å². The molecule has 1 N–H and O–H groups in total. The van der Waals surface area contributed by atoms with E-state index in [4.69, 9.17) is 4.74 Å². The molecule has 4 aromatic rings. The zero-order valence-electron chi connectivity index (χ0n) is 16.6. The highest BCUT2D eigenvalue weighted by molar-refractivity contribution is 7.17. The van der Waals surface area contributed by atoms with Crippen molar-refractivity contribution in [3.05, 3.63) is 88.4 Å². The Kier molecular flexibility index (Phi) is 5.73. The Morgan fingerprint density at radius 3 is 2.68 bits per heavy atom. The van der Waals surface area contributed by atoms with Gasteiger partial charge in [0.2, 0.25) is 0 Å². The Morgan fingerprint density at radius 2 is 1.90 bits per heavy atom. The molecule has 0 bridgehead atoms. The number of carbonyl (C=O) groups excluding carboxylic acids is 1. The number of fused-ring (bicyclic) bond motifs is 1. The van der Waals surface area contributed by atoms with E-state index in [0.717, 1.165) is 33.7 Å². The minimum Gasteiger partial charge on any atom is -0.496 e. The van der Waals surface area contributed by atoms with E-state index in [1.54, 1.807) is 19.2 Å². The van der Waals surface area contributed by atoms with Crippen LogP contribution in [-0.4, -0.2) is 17.6 Å². The van der Waals surface area contributed by atoms with Crippen LogP contribution in [-0.2, 0) is 19.3 Å². The highest BCUT2D eigenvalue weighted by atomic mass is 32.1. The fourth-order valence-corrected chi connectivity index (χ4v) is 4.29. The summed E-state index contributed by atoms with van der Waals surface area (Å²) in [5.41, 5.74) is 1.92. The summed E-state index contributed by atoms with van der Waals surface area (Å²) in [6.07, 6.45) is -4.42. The van der Waals surface area contributed by atoms with Crippen LogP contribution < -0.4 is 10.1 Å². The molecule has 2 aromatic heterocycles. The topological polar surface area (TPSA) is 43.3 Å². The normalized spacial score (nSPS) is 11.6. The van der Waals surface area contributed by atoms with Gasteiger partial charge in [0.25, 0.3) is 5.91 Å². The van der Waals surface area contributed by atoms with Crippen molar-refractivity contribution in [1.29, 1.82) is 0 Å². The summed E-state index contributed by atoms with van der Waals surface area (Å²) in [7, 11) is 1.59. The standard InChI is InChI=1S/C23H19F3N2O2S/c1-30-20-8-3-2-6-16(20)14-28-18-9-10-31-21(18)12-19(28)22(29)27-13-15-5-4-7-17(11-15)23(24,25)26/h2-12H,13-14H2,1H3,(H,27,29). The van der Waals surface area contributed by atoms with Crippen LogP contribution >= 0.6 is 11.3 Å². The van der Waals surface area contributed by atoms with E-state index in [1.165, 1.54) is 17.4 Å². The van der Waals surface area contributed by atoms with Crippen LogP contribution in [0.2, 0.25) is 0 Å². The van der Waals surface area contributed by atoms with Gasteiger partial charge in [0.15, 0.2) is 0 Å². The number of hydrogen-bond acceptors (Lipinski definition) is 3. The van der Waals surface area contributed by atoms with Crippen LogP contribution in [0.25, 0.3) is 10.2 Å². The number of carbonyl (C=O) groups is 1. The largest absolute Gasteiger partial charge is 0.496 e. The first kappa shape index (κ1) is 21.0. The number of hydrogen-bond donors (Lipinski definition) is 1. The number of aromatic nitrogens is 1. The van der Waals surface area contributed by atoms with Crippen molar-refractivity contribution in [1.82, 2.24) is 9.88 Å². The maximum absolute atomic E-state index is 13.0. The highest BCUT2D eigenvalue weighted by Crippen LogP contribution is 2.30. The number of methoxy groups -OCH3 is 1. The summed E-state index contributed by atoms with van der Waals surface area (Å²) < 4.78 is 47.1. The lowest BCUT2D eigenvalue weighted by atomic mass is 10.1. The zero-order chi connectivity index (χ0) is 22.0. The number of nitrogens with zero attached hydrogens (tertiary/aromatic N) is 1.